The number of benzene rings is 1. The molecule has 6 heteroatoms. The average Bonchev–Trinajstić information content (AvgIpc) is 2.41. The van der Waals surface area contributed by atoms with E-state index in [1.54, 1.807) is 0 Å². The quantitative estimate of drug-likeness (QED) is 0.820. The highest BCUT2D eigenvalue weighted by Crippen LogP contribution is 2.24. The summed E-state index contributed by atoms with van der Waals surface area (Å²) in [4.78, 5) is 20.2. The van der Waals surface area contributed by atoms with Gasteiger partial charge in [0.2, 0.25) is 0 Å². The Hall–Kier alpha value is -1.41. The summed E-state index contributed by atoms with van der Waals surface area (Å²) in [7, 11) is 1.87. The third-order valence-corrected chi connectivity index (χ3v) is 3.60. The molecule has 2 rings (SSSR count). The molecule has 0 aliphatic carbocycles. The number of hydrogen-bond acceptors (Lipinski definition) is 4. The Morgan fingerprint density at radius 1 is 1.50 bits per heavy atom. The normalized spacial score (nSPS) is 10.4. The molecule has 0 aliphatic rings. The molecule has 0 amide bonds. The number of H-pyrrole nitrogens is 1. The van der Waals surface area contributed by atoms with Crippen molar-refractivity contribution in [3.05, 3.63) is 50.1 Å². The van der Waals surface area contributed by atoms with Gasteiger partial charge in [-0.15, -0.1) is 0 Å². The van der Waals surface area contributed by atoms with Gasteiger partial charge in [0.15, 0.2) is 5.82 Å². The van der Waals surface area contributed by atoms with Gasteiger partial charge in [-0.2, -0.15) is 0 Å². The standard InChI is InChI=1S/C12H13IN4O/c1-17(9-4-2-3-8(5-9)6-14)11-10(13)12(18)16-7-15-11/h2-5,7H,6,14H2,1H3,(H,15,16,18). The van der Waals surface area contributed by atoms with Crippen molar-refractivity contribution in [1.82, 2.24) is 9.97 Å². The molecule has 0 saturated heterocycles. The van der Waals surface area contributed by atoms with E-state index in [9.17, 15) is 4.79 Å². The molecule has 0 aliphatic heterocycles. The molecular formula is C12H13IN4O. The second-order valence-electron chi connectivity index (χ2n) is 3.80. The van der Waals surface area contributed by atoms with E-state index in [0.717, 1.165) is 11.3 Å². The van der Waals surface area contributed by atoms with Gasteiger partial charge in [-0.3, -0.25) is 4.79 Å². The van der Waals surface area contributed by atoms with Crippen LogP contribution in [0.3, 0.4) is 0 Å². The SMILES string of the molecule is CN(c1cccc(CN)c1)c1nc[nH]c(=O)c1I. The fourth-order valence-electron chi connectivity index (χ4n) is 1.62. The molecule has 94 valence electrons. The van der Waals surface area contributed by atoms with Gasteiger partial charge in [0.1, 0.15) is 3.57 Å². The Kier molecular flexibility index (Phi) is 3.97. The summed E-state index contributed by atoms with van der Waals surface area (Å²) in [6.07, 6.45) is 1.41. The molecule has 1 aromatic heterocycles. The maximum Gasteiger partial charge on any atom is 0.266 e. The predicted molar refractivity (Wildman–Crippen MR) is 80.0 cm³/mol. The Morgan fingerprint density at radius 2 is 2.28 bits per heavy atom. The topological polar surface area (TPSA) is 75.0 Å². The van der Waals surface area contributed by atoms with Gasteiger partial charge >= 0.3 is 0 Å². The van der Waals surface area contributed by atoms with Crippen LogP contribution >= 0.6 is 22.6 Å². The molecule has 1 heterocycles. The minimum atomic E-state index is -0.137. The van der Waals surface area contributed by atoms with E-state index in [1.165, 1.54) is 6.33 Å². The highest BCUT2D eigenvalue weighted by Gasteiger charge is 2.11. The van der Waals surface area contributed by atoms with E-state index in [1.807, 2.05) is 58.8 Å². The van der Waals surface area contributed by atoms with Gasteiger partial charge in [-0.25, -0.2) is 4.98 Å². The van der Waals surface area contributed by atoms with E-state index in [2.05, 4.69) is 9.97 Å². The first kappa shape index (κ1) is 13.0. The van der Waals surface area contributed by atoms with Crippen LogP contribution in [0.4, 0.5) is 11.5 Å². The van der Waals surface area contributed by atoms with Gasteiger partial charge in [0.05, 0.1) is 6.33 Å². The van der Waals surface area contributed by atoms with E-state index in [4.69, 9.17) is 5.73 Å². The average molecular weight is 356 g/mol. The molecule has 3 N–H and O–H groups in total. The fourth-order valence-corrected chi connectivity index (χ4v) is 2.28. The van der Waals surface area contributed by atoms with Crippen molar-refractivity contribution in [2.24, 2.45) is 5.73 Å². The maximum atomic E-state index is 11.5. The van der Waals surface area contributed by atoms with E-state index < -0.39 is 0 Å². The van der Waals surface area contributed by atoms with Gasteiger partial charge in [0, 0.05) is 19.3 Å². The van der Waals surface area contributed by atoms with Crippen LogP contribution in [0.5, 0.6) is 0 Å². The van der Waals surface area contributed by atoms with Crippen LogP contribution in [0.15, 0.2) is 35.4 Å². The smallest absolute Gasteiger partial charge is 0.266 e. The van der Waals surface area contributed by atoms with Crippen molar-refractivity contribution in [2.45, 2.75) is 6.54 Å². The van der Waals surface area contributed by atoms with Crippen molar-refractivity contribution in [3.8, 4) is 0 Å². The molecule has 18 heavy (non-hydrogen) atoms. The predicted octanol–water partition coefficient (Wildman–Crippen LogP) is 1.60. The second-order valence-corrected chi connectivity index (χ2v) is 4.88. The first-order valence-electron chi connectivity index (χ1n) is 5.39. The van der Waals surface area contributed by atoms with Crippen LogP contribution < -0.4 is 16.2 Å². The lowest BCUT2D eigenvalue weighted by Crippen LogP contribution is -2.19. The number of nitrogens with one attached hydrogen (secondary N) is 1. The molecular weight excluding hydrogens is 343 g/mol. The van der Waals surface area contributed by atoms with Gasteiger partial charge in [0.25, 0.3) is 5.56 Å². The number of rotatable bonds is 3. The summed E-state index contributed by atoms with van der Waals surface area (Å²) < 4.78 is 0.566. The third kappa shape index (κ3) is 2.54. The molecule has 0 spiro atoms. The van der Waals surface area contributed by atoms with Crippen molar-refractivity contribution in [3.63, 3.8) is 0 Å². The largest absolute Gasteiger partial charge is 0.328 e. The summed E-state index contributed by atoms with van der Waals surface area (Å²) in [5.74, 6) is 0.633. The highest BCUT2D eigenvalue weighted by molar-refractivity contribution is 14.1. The molecule has 2 aromatic rings. The van der Waals surface area contributed by atoms with Crippen LogP contribution in [0.1, 0.15) is 5.56 Å². The molecule has 0 unspecified atom stereocenters. The van der Waals surface area contributed by atoms with Crippen LogP contribution in [-0.4, -0.2) is 17.0 Å². The summed E-state index contributed by atoms with van der Waals surface area (Å²) in [6.45, 7) is 0.488. The van der Waals surface area contributed by atoms with Crippen molar-refractivity contribution in [2.75, 3.05) is 11.9 Å². The Bertz CT molecular complexity index is 611. The monoisotopic (exact) mass is 356 g/mol. The highest BCUT2D eigenvalue weighted by atomic mass is 127. The number of halogens is 1. The van der Waals surface area contributed by atoms with Gasteiger partial charge < -0.3 is 15.6 Å². The summed E-state index contributed by atoms with van der Waals surface area (Å²) in [5.41, 5.74) is 7.48. The molecule has 0 fully saturated rings. The molecule has 0 saturated carbocycles. The van der Waals surface area contributed by atoms with Crippen LogP contribution in [0.2, 0.25) is 0 Å². The number of hydrogen-bond donors (Lipinski definition) is 2. The lowest BCUT2D eigenvalue weighted by atomic mass is 10.2. The van der Waals surface area contributed by atoms with E-state index in [0.29, 0.717) is 15.9 Å². The van der Waals surface area contributed by atoms with Crippen LogP contribution in [-0.2, 0) is 6.54 Å². The zero-order valence-corrected chi connectivity index (χ0v) is 12.0. The minimum absolute atomic E-state index is 0.137. The number of nitrogens with two attached hydrogens (primary N) is 1. The Balaban J connectivity index is 2.44. The van der Waals surface area contributed by atoms with Gasteiger partial charge in [-0.1, -0.05) is 12.1 Å². The third-order valence-electron chi connectivity index (χ3n) is 2.63. The zero-order valence-electron chi connectivity index (χ0n) is 9.85. The second kappa shape index (κ2) is 5.49. The number of anilines is 2. The fraction of sp³-hybridized carbons (Fsp3) is 0.167. The van der Waals surface area contributed by atoms with Crippen LogP contribution in [0.25, 0.3) is 0 Å². The number of aromatic nitrogens is 2. The van der Waals surface area contributed by atoms with Crippen molar-refractivity contribution in [1.29, 1.82) is 0 Å². The number of nitrogens with zero attached hydrogens (tertiary/aromatic N) is 2. The van der Waals surface area contributed by atoms with Gasteiger partial charge in [-0.05, 0) is 40.3 Å². The van der Waals surface area contributed by atoms with Crippen LogP contribution in [0, 0.1) is 3.57 Å². The lowest BCUT2D eigenvalue weighted by molar-refractivity contribution is 1.03. The Morgan fingerprint density at radius 3 is 3.00 bits per heavy atom. The molecule has 1 aromatic carbocycles. The molecule has 5 nitrogen and oxygen atoms in total. The zero-order chi connectivity index (χ0) is 13.1. The van der Waals surface area contributed by atoms with E-state index in [-0.39, 0.29) is 5.56 Å². The van der Waals surface area contributed by atoms with Crippen molar-refractivity contribution >= 4 is 34.1 Å². The molecule has 0 radical (unpaired) electrons. The maximum absolute atomic E-state index is 11.5. The first-order chi connectivity index (χ1) is 8.63. The Labute approximate surface area is 118 Å². The minimum Gasteiger partial charge on any atom is -0.328 e. The summed E-state index contributed by atoms with van der Waals surface area (Å²) >= 11 is 1.99. The summed E-state index contributed by atoms with van der Waals surface area (Å²) in [5, 5.41) is 0. The summed E-state index contributed by atoms with van der Waals surface area (Å²) in [6, 6.07) is 7.85. The molecule has 0 atom stereocenters. The lowest BCUT2D eigenvalue weighted by Gasteiger charge is -2.19. The van der Waals surface area contributed by atoms with Crippen molar-refractivity contribution < 1.29 is 0 Å². The first-order valence-corrected chi connectivity index (χ1v) is 6.47. The number of aromatic amines is 1. The van der Waals surface area contributed by atoms with E-state index >= 15 is 0 Å². The molecule has 0 bridgehead atoms.